The molecule has 1 aromatic heterocycles. The molecule has 0 radical (unpaired) electrons. The minimum absolute atomic E-state index is 0.00868. The molecule has 0 unspecified atom stereocenters. The third kappa shape index (κ3) is 4.18. The zero-order chi connectivity index (χ0) is 24.7. The van der Waals surface area contributed by atoms with Gasteiger partial charge in [-0.25, -0.2) is 10.0 Å². The fourth-order valence-corrected chi connectivity index (χ4v) is 5.49. The molecule has 3 heterocycles. The lowest BCUT2D eigenvalue weighted by atomic mass is 9.97. The Morgan fingerprint density at radius 2 is 1.91 bits per heavy atom. The van der Waals surface area contributed by atoms with Crippen LogP contribution in [0.5, 0.6) is 0 Å². The van der Waals surface area contributed by atoms with Crippen molar-refractivity contribution in [1.29, 1.82) is 0 Å². The van der Waals surface area contributed by atoms with E-state index in [-0.39, 0.29) is 35.6 Å². The van der Waals surface area contributed by atoms with Crippen LogP contribution in [0.3, 0.4) is 0 Å². The molecule has 4 amide bonds. The van der Waals surface area contributed by atoms with E-state index < -0.39 is 12.0 Å². The van der Waals surface area contributed by atoms with E-state index in [1.807, 2.05) is 13.8 Å². The first-order valence-electron chi connectivity index (χ1n) is 12.0. The maximum Gasteiger partial charge on any atom is 0.272 e. The number of hydrogen-bond acceptors (Lipinski definition) is 7. The summed E-state index contributed by atoms with van der Waals surface area (Å²) in [5.74, 6) is -1.72. The second kappa shape index (κ2) is 9.03. The molecule has 5 rings (SSSR count). The van der Waals surface area contributed by atoms with E-state index in [0.717, 1.165) is 24.4 Å². The molecule has 2 aromatic rings. The summed E-state index contributed by atoms with van der Waals surface area (Å²) < 4.78 is 3.84. The molecule has 184 valence electrons. The Bertz CT molecular complexity index is 1190. The van der Waals surface area contributed by atoms with Gasteiger partial charge in [-0.05, 0) is 48.8 Å². The van der Waals surface area contributed by atoms with E-state index in [0.29, 0.717) is 47.6 Å². The quantitative estimate of drug-likeness (QED) is 0.601. The van der Waals surface area contributed by atoms with Gasteiger partial charge in [0.15, 0.2) is 0 Å². The Kier molecular flexibility index (Phi) is 6.04. The van der Waals surface area contributed by atoms with Gasteiger partial charge in [0.05, 0.1) is 24.7 Å². The highest BCUT2D eigenvalue weighted by molar-refractivity contribution is 7.08. The first-order chi connectivity index (χ1) is 16.9. The molecule has 1 saturated heterocycles. The molecule has 3 aliphatic rings. The Labute approximate surface area is 207 Å². The van der Waals surface area contributed by atoms with E-state index in [9.17, 15) is 19.2 Å². The molecule has 2 aliphatic heterocycles. The van der Waals surface area contributed by atoms with Crippen LogP contribution in [0.15, 0.2) is 24.3 Å². The highest BCUT2D eigenvalue weighted by atomic mass is 32.1. The van der Waals surface area contributed by atoms with Gasteiger partial charge in [-0.1, -0.05) is 36.5 Å². The lowest BCUT2D eigenvalue weighted by molar-refractivity contribution is -0.145. The average molecular weight is 497 g/mol. The number of rotatable bonds is 7. The second-order valence-corrected chi connectivity index (χ2v) is 10.3. The lowest BCUT2D eigenvalue weighted by Crippen LogP contribution is -2.48. The molecule has 11 heteroatoms. The molecule has 1 aliphatic carbocycles. The molecule has 2 atom stereocenters. The average Bonchev–Trinajstić information content (AvgIpc) is 3.29. The SMILES string of the molecule is CCc1nnsc1C(=O)NC[C@@H](CC)C(=O)N[C@@H]1C(=O)N2CC3(CC3)CN2C(=O)c2ccccc21. The van der Waals surface area contributed by atoms with Crippen LogP contribution in [0.4, 0.5) is 0 Å². The normalized spacial score (nSPS) is 20.8. The smallest absolute Gasteiger partial charge is 0.272 e. The number of nitrogens with zero attached hydrogens (tertiary/aromatic N) is 4. The van der Waals surface area contributed by atoms with Gasteiger partial charge in [0.1, 0.15) is 10.9 Å². The van der Waals surface area contributed by atoms with Crippen molar-refractivity contribution in [3.05, 3.63) is 46.0 Å². The number of fused-ring (bicyclic) bond motifs is 2. The van der Waals surface area contributed by atoms with E-state index >= 15 is 0 Å². The van der Waals surface area contributed by atoms with E-state index in [4.69, 9.17) is 0 Å². The van der Waals surface area contributed by atoms with Crippen LogP contribution >= 0.6 is 11.5 Å². The molecule has 35 heavy (non-hydrogen) atoms. The molecule has 1 aromatic carbocycles. The number of hydrogen-bond donors (Lipinski definition) is 2. The standard InChI is InChI=1S/C24H28N6O4S/c1-3-14(11-25-21(32)19-17(4-2)27-28-35-19)20(31)26-18-15-7-5-6-8-16(15)22(33)29-12-24(9-10-24)13-30(29)23(18)34/h5-8,14,18H,3-4,9-13H2,1-2H3,(H,25,32)(H,26,31)/t14-,18+/m1/s1. The molecule has 2 N–H and O–H groups in total. The van der Waals surface area contributed by atoms with Crippen LogP contribution in [-0.4, -0.2) is 62.9 Å². The maximum absolute atomic E-state index is 13.6. The minimum atomic E-state index is -0.969. The fraction of sp³-hybridized carbons (Fsp3) is 0.500. The van der Waals surface area contributed by atoms with Gasteiger partial charge < -0.3 is 10.6 Å². The number of aromatic nitrogens is 2. The zero-order valence-electron chi connectivity index (χ0n) is 19.7. The summed E-state index contributed by atoms with van der Waals surface area (Å²) in [6.07, 6.45) is 3.04. The Morgan fingerprint density at radius 3 is 2.63 bits per heavy atom. The van der Waals surface area contributed by atoms with Crippen molar-refractivity contribution in [2.45, 2.75) is 45.6 Å². The van der Waals surface area contributed by atoms with Gasteiger partial charge in [-0.15, -0.1) is 5.10 Å². The molecular weight excluding hydrogens is 468 g/mol. The summed E-state index contributed by atoms with van der Waals surface area (Å²) in [5.41, 5.74) is 1.54. The highest BCUT2D eigenvalue weighted by Gasteiger charge is 2.56. The Morgan fingerprint density at radius 1 is 1.17 bits per heavy atom. The van der Waals surface area contributed by atoms with Gasteiger partial charge in [-0.2, -0.15) is 0 Å². The predicted molar refractivity (Wildman–Crippen MR) is 127 cm³/mol. The Hall–Kier alpha value is -3.34. The predicted octanol–water partition coefficient (Wildman–Crippen LogP) is 1.71. The Balaban J connectivity index is 1.34. The number of benzene rings is 1. The van der Waals surface area contributed by atoms with Crippen LogP contribution in [0, 0.1) is 11.3 Å². The van der Waals surface area contributed by atoms with Gasteiger partial charge in [0.25, 0.3) is 17.7 Å². The number of carbonyl (C=O) groups is 4. The largest absolute Gasteiger partial charge is 0.350 e. The van der Waals surface area contributed by atoms with Gasteiger partial charge >= 0.3 is 0 Å². The summed E-state index contributed by atoms with van der Waals surface area (Å²) in [6.45, 7) is 4.89. The second-order valence-electron chi connectivity index (χ2n) is 9.51. The summed E-state index contributed by atoms with van der Waals surface area (Å²) in [4.78, 5) is 53.3. The minimum Gasteiger partial charge on any atom is -0.350 e. The molecular formula is C24H28N6O4S. The van der Waals surface area contributed by atoms with Crippen molar-refractivity contribution < 1.29 is 19.2 Å². The fourth-order valence-electron chi connectivity index (χ4n) is 4.82. The molecule has 1 saturated carbocycles. The topological polar surface area (TPSA) is 125 Å². The summed E-state index contributed by atoms with van der Waals surface area (Å²) in [7, 11) is 0. The number of nitrogens with one attached hydrogen (secondary N) is 2. The first kappa shape index (κ1) is 23.4. The summed E-state index contributed by atoms with van der Waals surface area (Å²) in [6, 6.07) is 5.99. The van der Waals surface area contributed by atoms with Crippen molar-refractivity contribution in [2.24, 2.45) is 11.3 Å². The monoisotopic (exact) mass is 496 g/mol. The van der Waals surface area contributed by atoms with Crippen molar-refractivity contribution in [2.75, 3.05) is 19.6 Å². The van der Waals surface area contributed by atoms with Gasteiger partial charge in [0, 0.05) is 17.5 Å². The van der Waals surface area contributed by atoms with Crippen molar-refractivity contribution >= 4 is 35.2 Å². The number of amides is 4. The van der Waals surface area contributed by atoms with Crippen molar-refractivity contribution in [1.82, 2.24) is 30.2 Å². The van der Waals surface area contributed by atoms with E-state index in [1.54, 1.807) is 29.3 Å². The third-order valence-corrected chi connectivity index (χ3v) is 7.98. The van der Waals surface area contributed by atoms with Crippen LogP contribution < -0.4 is 10.6 Å². The zero-order valence-corrected chi connectivity index (χ0v) is 20.6. The van der Waals surface area contributed by atoms with Gasteiger partial charge in [0.2, 0.25) is 5.91 Å². The van der Waals surface area contributed by atoms with Crippen LogP contribution in [0.1, 0.15) is 70.4 Å². The third-order valence-electron chi connectivity index (χ3n) is 7.21. The van der Waals surface area contributed by atoms with Crippen LogP contribution in [0.25, 0.3) is 0 Å². The number of hydrazine groups is 1. The van der Waals surface area contributed by atoms with Crippen molar-refractivity contribution in [3.8, 4) is 0 Å². The summed E-state index contributed by atoms with van der Waals surface area (Å²) in [5, 5.41) is 12.7. The maximum atomic E-state index is 13.6. The number of carbonyl (C=O) groups excluding carboxylic acids is 4. The van der Waals surface area contributed by atoms with Gasteiger partial charge in [-0.3, -0.25) is 19.2 Å². The molecule has 2 fully saturated rings. The molecule has 1 spiro atoms. The lowest BCUT2D eigenvalue weighted by Gasteiger charge is -2.28. The van der Waals surface area contributed by atoms with E-state index in [1.165, 1.54) is 5.01 Å². The summed E-state index contributed by atoms with van der Waals surface area (Å²) >= 11 is 1.03. The van der Waals surface area contributed by atoms with E-state index in [2.05, 4.69) is 20.2 Å². The molecule has 0 bridgehead atoms. The first-order valence-corrected chi connectivity index (χ1v) is 12.8. The molecule has 10 nitrogen and oxygen atoms in total. The highest BCUT2D eigenvalue weighted by Crippen LogP contribution is 2.52. The number of aryl methyl sites for hydroxylation is 1. The van der Waals surface area contributed by atoms with Crippen LogP contribution in [-0.2, 0) is 16.0 Å². The van der Waals surface area contributed by atoms with Crippen LogP contribution in [0.2, 0.25) is 0 Å². The van der Waals surface area contributed by atoms with Crippen molar-refractivity contribution in [3.63, 3.8) is 0 Å².